The monoisotopic (exact) mass is 509 g/mol. The van der Waals surface area contributed by atoms with Gasteiger partial charge in [0.2, 0.25) is 11.8 Å². The molecule has 1 fully saturated rings. The van der Waals surface area contributed by atoms with Crippen LogP contribution >= 0.6 is 11.3 Å². The molecule has 7 nitrogen and oxygen atoms in total. The maximum absolute atomic E-state index is 13.3. The van der Waals surface area contributed by atoms with Crippen LogP contribution in [0.15, 0.2) is 60.0 Å². The Kier molecular flexibility index (Phi) is 9.09. The fraction of sp³-hybridized carbons (Fsp3) is 0.429. The van der Waals surface area contributed by atoms with E-state index in [9.17, 15) is 9.59 Å². The van der Waals surface area contributed by atoms with Gasteiger partial charge in [0.05, 0.1) is 6.04 Å². The molecule has 4 rings (SSSR count). The SMILES string of the molecule is CC(C)C[C@H](CC(=O)NO)C1OC1N[C@@H](Cc1csc2ccccc12)C(=O)NCCc1ccccc1. The molecule has 36 heavy (non-hydrogen) atoms. The third-order valence-electron chi connectivity index (χ3n) is 6.56. The summed E-state index contributed by atoms with van der Waals surface area (Å²) in [6, 6.07) is 17.8. The number of benzene rings is 2. The van der Waals surface area contributed by atoms with Gasteiger partial charge in [-0.05, 0) is 59.1 Å². The summed E-state index contributed by atoms with van der Waals surface area (Å²) in [4.78, 5) is 25.2. The summed E-state index contributed by atoms with van der Waals surface area (Å²) in [5.74, 6) is -0.155. The summed E-state index contributed by atoms with van der Waals surface area (Å²) in [5.41, 5.74) is 4.03. The van der Waals surface area contributed by atoms with Crippen molar-refractivity contribution in [2.24, 2.45) is 11.8 Å². The number of hydroxylamine groups is 1. The highest BCUT2D eigenvalue weighted by Gasteiger charge is 2.47. The van der Waals surface area contributed by atoms with Crippen molar-refractivity contribution in [1.82, 2.24) is 16.1 Å². The van der Waals surface area contributed by atoms with Crippen LogP contribution in [0.2, 0.25) is 0 Å². The van der Waals surface area contributed by atoms with Gasteiger partial charge in [-0.1, -0.05) is 62.4 Å². The van der Waals surface area contributed by atoms with Crippen LogP contribution in [-0.4, -0.2) is 41.9 Å². The lowest BCUT2D eigenvalue weighted by atomic mass is 9.90. The fourth-order valence-corrected chi connectivity index (χ4v) is 5.75. The molecule has 0 bridgehead atoms. The van der Waals surface area contributed by atoms with Gasteiger partial charge in [0.15, 0.2) is 0 Å². The predicted octanol–water partition coefficient (Wildman–Crippen LogP) is 4.04. The molecule has 1 saturated heterocycles. The molecule has 1 aliphatic heterocycles. The molecular weight excluding hydrogens is 474 g/mol. The number of epoxide rings is 1. The van der Waals surface area contributed by atoms with Crippen LogP contribution in [0.25, 0.3) is 10.1 Å². The minimum Gasteiger partial charge on any atom is -0.354 e. The van der Waals surface area contributed by atoms with E-state index in [2.05, 4.69) is 54.1 Å². The number of carbonyl (C=O) groups is 2. The highest BCUT2D eigenvalue weighted by Crippen LogP contribution is 2.35. The zero-order chi connectivity index (χ0) is 25.5. The second-order valence-corrected chi connectivity index (χ2v) is 10.8. The molecule has 2 unspecified atom stereocenters. The Morgan fingerprint density at radius 2 is 1.83 bits per heavy atom. The summed E-state index contributed by atoms with van der Waals surface area (Å²) in [7, 11) is 0. The Bertz CT molecular complexity index is 1150. The van der Waals surface area contributed by atoms with E-state index in [0.29, 0.717) is 18.9 Å². The van der Waals surface area contributed by atoms with E-state index in [1.54, 1.807) is 16.8 Å². The van der Waals surface area contributed by atoms with Crippen molar-refractivity contribution in [3.05, 3.63) is 71.1 Å². The molecule has 2 aromatic carbocycles. The number of amides is 2. The standard InChI is InChI=1S/C28H35N3O4S/c1-18(2)14-20(16-25(32)31-34)26-28(35-26)30-23(15-21-17-36-24-11-7-6-10-22(21)24)27(33)29-13-12-19-8-4-3-5-9-19/h3-11,17-18,20,23,26,28,30,34H,12-16H2,1-2H3,(H,29,33)(H,31,32)/t20-,23+,26?,28?/m1/s1. The van der Waals surface area contributed by atoms with E-state index in [-0.39, 0.29) is 30.6 Å². The molecule has 2 amide bonds. The fourth-order valence-electron chi connectivity index (χ4n) is 4.77. The number of carbonyl (C=O) groups excluding carboxylic acids is 2. The number of ether oxygens (including phenoxy) is 1. The summed E-state index contributed by atoms with van der Waals surface area (Å²) >= 11 is 1.68. The van der Waals surface area contributed by atoms with Crippen LogP contribution in [-0.2, 0) is 27.2 Å². The summed E-state index contributed by atoms with van der Waals surface area (Å²) < 4.78 is 7.13. The van der Waals surface area contributed by atoms with Gasteiger partial charge in [0.1, 0.15) is 12.3 Å². The highest BCUT2D eigenvalue weighted by atomic mass is 32.1. The smallest absolute Gasteiger partial charge is 0.243 e. The molecule has 192 valence electrons. The maximum atomic E-state index is 13.3. The average Bonchev–Trinajstić information content (AvgIpc) is 3.53. The third kappa shape index (κ3) is 7.13. The van der Waals surface area contributed by atoms with E-state index in [1.165, 1.54) is 10.3 Å². The lowest BCUT2D eigenvalue weighted by Crippen LogP contribution is -2.48. The van der Waals surface area contributed by atoms with Crippen molar-refractivity contribution in [2.45, 2.75) is 57.9 Å². The van der Waals surface area contributed by atoms with Crippen LogP contribution in [0.5, 0.6) is 0 Å². The van der Waals surface area contributed by atoms with E-state index >= 15 is 0 Å². The van der Waals surface area contributed by atoms with Crippen LogP contribution in [0.3, 0.4) is 0 Å². The molecule has 0 aliphatic carbocycles. The first kappa shape index (κ1) is 26.3. The quantitative estimate of drug-likeness (QED) is 0.158. The Morgan fingerprint density at radius 3 is 2.58 bits per heavy atom. The molecule has 0 saturated carbocycles. The van der Waals surface area contributed by atoms with Crippen molar-refractivity contribution in [1.29, 1.82) is 0 Å². The van der Waals surface area contributed by atoms with E-state index in [1.807, 2.05) is 30.3 Å². The Hall–Kier alpha value is -2.78. The predicted molar refractivity (Wildman–Crippen MR) is 142 cm³/mol. The van der Waals surface area contributed by atoms with Gasteiger partial charge in [-0.15, -0.1) is 11.3 Å². The summed E-state index contributed by atoms with van der Waals surface area (Å²) in [6.07, 6.45) is 1.79. The number of hydrogen-bond donors (Lipinski definition) is 4. The zero-order valence-corrected chi connectivity index (χ0v) is 21.6. The molecular formula is C28H35N3O4S. The van der Waals surface area contributed by atoms with Crippen molar-refractivity contribution in [3.63, 3.8) is 0 Å². The molecule has 3 aromatic rings. The van der Waals surface area contributed by atoms with Crippen molar-refractivity contribution < 1.29 is 19.5 Å². The van der Waals surface area contributed by atoms with Gasteiger partial charge in [-0.25, -0.2) is 5.48 Å². The van der Waals surface area contributed by atoms with Crippen molar-refractivity contribution in [2.75, 3.05) is 6.54 Å². The second kappa shape index (κ2) is 12.5. The third-order valence-corrected chi connectivity index (χ3v) is 7.57. The number of rotatable bonds is 13. The van der Waals surface area contributed by atoms with Crippen LogP contribution in [0, 0.1) is 11.8 Å². The molecule has 1 aromatic heterocycles. The molecule has 8 heteroatoms. The van der Waals surface area contributed by atoms with Gasteiger partial charge in [0, 0.05) is 17.7 Å². The van der Waals surface area contributed by atoms with E-state index in [4.69, 9.17) is 9.94 Å². The van der Waals surface area contributed by atoms with Gasteiger partial charge >= 0.3 is 0 Å². The lowest BCUT2D eigenvalue weighted by Gasteiger charge is -2.19. The topological polar surface area (TPSA) is 103 Å². The summed E-state index contributed by atoms with van der Waals surface area (Å²) in [5, 5.41) is 18.8. The highest BCUT2D eigenvalue weighted by molar-refractivity contribution is 7.17. The van der Waals surface area contributed by atoms with Gasteiger partial charge in [-0.2, -0.15) is 0 Å². The number of thiophene rings is 1. The Labute approximate surface area is 216 Å². The van der Waals surface area contributed by atoms with E-state index < -0.39 is 11.9 Å². The van der Waals surface area contributed by atoms with Gasteiger partial charge in [-0.3, -0.25) is 20.1 Å². The van der Waals surface area contributed by atoms with Crippen LogP contribution < -0.4 is 16.1 Å². The Balaban J connectivity index is 1.43. The summed E-state index contributed by atoms with van der Waals surface area (Å²) in [6.45, 7) is 4.74. The molecule has 0 spiro atoms. The molecule has 4 N–H and O–H groups in total. The largest absolute Gasteiger partial charge is 0.354 e. The first-order valence-electron chi connectivity index (χ1n) is 12.6. The molecule has 0 radical (unpaired) electrons. The first-order valence-corrected chi connectivity index (χ1v) is 13.4. The molecule has 2 heterocycles. The minimum atomic E-state index is -0.472. The minimum absolute atomic E-state index is 0.0431. The Morgan fingerprint density at radius 1 is 1.08 bits per heavy atom. The van der Waals surface area contributed by atoms with Crippen molar-refractivity contribution >= 4 is 33.2 Å². The van der Waals surface area contributed by atoms with Gasteiger partial charge < -0.3 is 10.1 Å². The van der Waals surface area contributed by atoms with Crippen LogP contribution in [0.4, 0.5) is 0 Å². The molecule has 1 aliphatic rings. The zero-order valence-electron chi connectivity index (χ0n) is 20.8. The van der Waals surface area contributed by atoms with Gasteiger partial charge in [0.25, 0.3) is 0 Å². The van der Waals surface area contributed by atoms with Crippen molar-refractivity contribution in [3.8, 4) is 0 Å². The average molecular weight is 510 g/mol. The van der Waals surface area contributed by atoms with E-state index in [0.717, 1.165) is 23.8 Å². The molecule has 4 atom stereocenters. The second-order valence-electron chi connectivity index (χ2n) is 9.86. The lowest BCUT2D eigenvalue weighted by molar-refractivity contribution is -0.130. The number of nitrogens with one attached hydrogen (secondary N) is 3. The number of hydrogen-bond acceptors (Lipinski definition) is 6. The van der Waals surface area contributed by atoms with Crippen LogP contribution in [0.1, 0.15) is 37.8 Å². The maximum Gasteiger partial charge on any atom is 0.243 e. The first-order chi connectivity index (χ1) is 17.4. The number of fused-ring (bicyclic) bond motifs is 1. The normalized spacial score (nSPS) is 18.7.